The maximum atomic E-state index is 13.0. The van der Waals surface area contributed by atoms with Gasteiger partial charge in [0, 0.05) is 10.7 Å². The highest BCUT2D eigenvalue weighted by Crippen LogP contribution is 2.36. The molecule has 1 aliphatic heterocycles. The second-order valence-corrected chi connectivity index (χ2v) is 8.96. The fourth-order valence-corrected chi connectivity index (χ4v) is 3.75. The van der Waals surface area contributed by atoms with Crippen molar-refractivity contribution < 1.29 is 23.8 Å². The Morgan fingerprint density at radius 3 is 2.35 bits per heavy atom. The molecule has 0 bridgehead atoms. The van der Waals surface area contributed by atoms with E-state index in [2.05, 4.69) is 10.6 Å². The molecule has 2 aromatic rings. The van der Waals surface area contributed by atoms with Crippen LogP contribution in [0.4, 0.5) is 4.79 Å². The van der Waals surface area contributed by atoms with E-state index in [-0.39, 0.29) is 18.1 Å². The van der Waals surface area contributed by atoms with Crippen molar-refractivity contribution in [1.82, 2.24) is 10.6 Å². The number of halogens is 1. The van der Waals surface area contributed by atoms with E-state index in [9.17, 15) is 9.59 Å². The highest BCUT2D eigenvalue weighted by Gasteiger charge is 2.35. The molecule has 1 heterocycles. The molecule has 3 rings (SSSR count). The lowest BCUT2D eigenvalue weighted by Crippen LogP contribution is -2.47. The average molecular weight is 487 g/mol. The van der Waals surface area contributed by atoms with Gasteiger partial charge in [0.15, 0.2) is 11.5 Å². The first-order valence-electron chi connectivity index (χ1n) is 11.4. The lowest BCUT2D eigenvalue weighted by atomic mass is 9.91. The topological polar surface area (TPSA) is 85.9 Å². The summed E-state index contributed by atoms with van der Waals surface area (Å²) in [5.74, 6) is 0.512. The van der Waals surface area contributed by atoms with E-state index < -0.39 is 12.0 Å². The van der Waals surface area contributed by atoms with Gasteiger partial charge in [0.25, 0.3) is 0 Å². The molecular weight excluding hydrogens is 456 g/mol. The highest BCUT2D eigenvalue weighted by atomic mass is 35.5. The second-order valence-electron chi connectivity index (χ2n) is 8.52. The first-order chi connectivity index (χ1) is 16.2. The number of urea groups is 1. The Bertz CT molecular complexity index is 1060. The predicted molar refractivity (Wildman–Crippen MR) is 131 cm³/mol. The molecule has 7 nitrogen and oxygen atoms in total. The molecular formula is C26H31ClN2O5. The summed E-state index contributed by atoms with van der Waals surface area (Å²) >= 11 is 5.96. The summed E-state index contributed by atoms with van der Waals surface area (Å²) in [6, 6.07) is 11.7. The molecule has 1 atom stereocenters. The molecule has 2 amide bonds. The van der Waals surface area contributed by atoms with Crippen molar-refractivity contribution in [3.8, 4) is 11.5 Å². The van der Waals surface area contributed by atoms with Crippen molar-refractivity contribution in [2.24, 2.45) is 5.92 Å². The monoisotopic (exact) mass is 486 g/mol. The number of nitrogens with one attached hydrogen (secondary N) is 2. The molecule has 1 aliphatic rings. The van der Waals surface area contributed by atoms with Crippen LogP contribution in [0.25, 0.3) is 0 Å². The third kappa shape index (κ3) is 6.23. The van der Waals surface area contributed by atoms with Crippen LogP contribution in [0.1, 0.15) is 51.8 Å². The van der Waals surface area contributed by atoms with Gasteiger partial charge in [-0.2, -0.15) is 0 Å². The minimum atomic E-state index is -0.693. The zero-order valence-electron chi connectivity index (χ0n) is 20.1. The summed E-state index contributed by atoms with van der Waals surface area (Å²) < 4.78 is 17.3. The van der Waals surface area contributed by atoms with Gasteiger partial charge in [-0.05, 0) is 62.1 Å². The van der Waals surface area contributed by atoms with E-state index in [1.54, 1.807) is 26.0 Å². The van der Waals surface area contributed by atoms with Gasteiger partial charge in [-0.3, -0.25) is 0 Å². The third-order valence-electron chi connectivity index (χ3n) is 5.15. The molecule has 0 fully saturated rings. The lowest BCUT2D eigenvalue weighted by molar-refractivity contribution is -0.143. The number of ether oxygens (including phenoxy) is 3. The Kier molecular flexibility index (Phi) is 8.45. The molecule has 0 aliphatic carbocycles. The molecule has 182 valence electrons. The molecule has 0 spiro atoms. The highest BCUT2D eigenvalue weighted by molar-refractivity contribution is 6.30. The molecule has 0 aromatic heterocycles. The Morgan fingerprint density at radius 1 is 1.03 bits per heavy atom. The van der Waals surface area contributed by atoms with E-state index in [1.807, 2.05) is 51.1 Å². The van der Waals surface area contributed by atoms with Gasteiger partial charge in [-0.1, -0.05) is 43.6 Å². The van der Waals surface area contributed by atoms with Gasteiger partial charge in [-0.15, -0.1) is 0 Å². The molecule has 0 saturated heterocycles. The average Bonchev–Trinajstić information content (AvgIpc) is 2.78. The van der Waals surface area contributed by atoms with Crippen LogP contribution in [0.3, 0.4) is 0 Å². The molecule has 1 unspecified atom stereocenters. The fraction of sp³-hybridized carbons (Fsp3) is 0.385. The maximum absolute atomic E-state index is 13.0. The van der Waals surface area contributed by atoms with Crippen LogP contribution < -0.4 is 20.1 Å². The number of allylic oxidation sites excluding steroid dienone is 1. The van der Waals surface area contributed by atoms with Crippen molar-refractivity contribution >= 4 is 23.6 Å². The molecule has 0 radical (unpaired) electrons. The number of rotatable bonds is 9. The minimum Gasteiger partial charge on any atom is -0.490 e. The molecule has 2 N–H and O–H groups in total. The normalized spacial score (nSPS) is 15.8. The molecule has 0 saturated carbocycles. The maximum Gasteiger partial charge on any atom is 0.338 e. The summed E-state index contributed by atoms with van der Waals surface area (Å²) in [5, 5.41) is 6.29. The van der Waals surface area contributed by atoms with Crippen LogP contribution >= 0.6 is 11.6 Å². The SMILES string of the molecule is CCOc1cc(C2NC(=O)NC(C(C)C)=C2C(=O)OC(C)C)ccc1OCc1ccc(Cl)cc1. The Labute approximate surface area is 205 Å². The smallest absolute Gasteiger partial charge is 0.338 e. The van der Waals surface area contributed by atoms with Gasteiger partial charge in [0.1, 0.15) is 6.61 Å². The van der Waals surface area contributed by atoms with Crippen LogP contribution in [0.5, 0.6) is 11.5 Å². The third-order valence-corrected chi connectivity index (χ3v) is 5.40. The lowest BCUT2D eigenvalue weighted by Gasteiger charge is -2.31. The van der Waals surface area contributed by atoms with Crippen molar-refractivity contribution in [2.45, 2.75) is 53.4 Å². The largest absolute Gasteiger partial charge is 0.490 e. The van der Waals surface area contributed by atoms with Crippen LogP contribution in [0, 0.1) is 5.92 Å². The van der Waals surface area contributed by atoms with E-state index in [0.717, 1.165) is 5.56 Å². The minimum absolute atomic E-state index is 0.0865. The van der Waals surface area contributed by atoms with Crippen molar-refractivity contribution in [2.75, 3.05) is 6.61 Å². The fourth-order valence-electron chi connectivity index (χ4n) is 3.63. The second kappa shape index (κ2) is 11.3. The number of hydrogen-bond acceptors (Lipinski definition) is 5. The summed E-state index contributed by atoms with van der Waals surface area (Å²) in [5.41, 5.74) is 2.57. The molecule has 34 heavy (non-hydrogen) atoms. The first kappa shape index (κ1) is 25.4. The van der Waals surface area contributed by atoms with Gasteiger partial charge < -0.3 is 24.8 Å². The first-order valence-corrected chi connectivity index (χ1v) is 11.7. The Balaban J connectivity index is 1.96. The van der Waals surface area contributed by atoms with Crippen LogP contribution in [-0.2, 0) is 16.1 Å². The zero-order chi connectivity index (χ0) is 24.8. The van der Waals surface area contributed by atoms with Crippen LogP contribution in [-0.4, -0.2) is 24.7 Å². The number of amides is 2. The van der Waals surface area contributed by atoms with E-state index in [0.29, 0.717) is 46.6 Å². The van der Waals surface area contributed by atoms with Crippen LogP contribution in [0.2, 0.25) is 5.02 Å². The van der Waals surface area contributed by atoms with Gasteiger partial charge in [0.05, 0.1) is 24.3 Å². The molecule has 8 heteroatoms. The zero-order valence-corrected chi connectivity index (χ0v) is 20.9. The predicted octanol–water partition coefficient (Wildman–Crippen LogP) is 5.53. The summed E-state index contributed by atoms with van der Waals surface area (Å²) in [4.78, 5) is 25.5. The van der Waals surface area contributed by atoms with Gasteiger partial charge in [-0.25, -0.2) is 9.59 Å². The van der Waals surface area contributed by atoms with E-state index >= 15 is 0 Å². The molecule has 2 aromatic carbocycles. The van der Waals surface area contributed by atoms with Crippen LogP contribution in [0.15, 0.2) is 53.7 Å². The van der Waals surface area contributed by atoms with Crippen molar-refractivity contribution in [3.63, 3.8) is 0 Å². The van der Waals surface area contributed by atoms with E-state index in [4.69, 9.17) is 25.8 Å². The summed E-state index contributed by atoms with van der Waals surface area (Å²) in [7, 11) is 0. The summed E-state index contributed by atoms with van der Waals surface area (Å²) in [6.07, 6.45) is -0.297. The Morgan fingerprint density at radius 2 is 1.74 bits per heavy atom. The van der Waals surface area contributed by atoms with Crippen molar-refractivity contribution in [1.29, 1.82) is 0 Å². The number of hydrogen-bond donors (Lipinski definition) is 2. The Hall–Kier alpha value is -3.19. The van der Waals surface area contributed by atoms with Crippen molar-refractivity contribution in [3.05, 3.63) is 69.9 Å². The number of carbonyl (C=O) groups excluding carboxylic acids is 2. The quantitative estimate of drug-likeness (QED) is 0.455. The standard InChI is InChI=1S/C26H31ClN2O5/c1-6-32-21-13-18(9-12-20(21)33-14-17-7-10-19(27)11-8-17)24-22(25(30)34-16(4)5)23(15(2)3)28-26(31)29-24/h7-13,15-16,24H,6,14H2,1-5H3,(H2,28,29,31). The number of carbonyl (C=O) groups is 2. The number of esters is 1. The van der Waals surface area contributed by atoms with E-state index in [1.165, 1.54) is 0 Å². The summed E-state index contributed by atoms with van der Waals surface area (Å²) in [6.45, 7) is 10.1. The van der Waals surface area contributed by atoms with Gasteiger partial charge >= 0.3 is 12.0 Å². The number of benzene rings is 2. The van der Waals surface area contributed by atoms with Gasteiger partial charge in [0.2, 0.25) is 0 Å².